The van der Waals surface area contributed by atoms with Crippen LogP contribution in [-0.2, 0) is 27.1 Å². The fourth-order valence-electron chi connectivity index (χ4n) is 6.66. The summed E-state index contributed by atoms with van der Waals surface area (Å²) < 4.78 is 11.7. The van der Waals surface area contributed by atoms with E-state index in [1.807, 2.05) is 0 Å². The van der Waals surface area contributed by atoms with Crippen molar-refractivity contribution in [2.45, 2.75) is 136 Å². The van der Waals surface area contributed by atoms with Crippen molar-refractivity contribution in [3.8, 4) is 11.1 Å². The Morgan fingerprint density at radius 3 is 2.05 bits per heavy atom. The zero-order chi connectivity index (χ0) is 30.5. The van der Waals surface area contributed by atoms with E-state index < -0.39 is 0 Å². The van der Waals surface area contributed by atoms with Crippen LogP contribution in [0.25, 0.3) is 11.1 Å². The van der Waals surface area contributed by atoms with Gasteiger partial charge in [-0.3, -0.25) is 4.79 Å². The summed E-state index contributed by atoms with van der Waals surface area (Å²) in [5.74, 6) is 1.49. The van der Waals surface area contributed by atoms with E-state index in [1.54, 1.807) is 6.08 Å². The molecule has 3 heteroatoms. The standard InChI is InChI=1S/C40H60O3/c1-4-7-12-16-34-18-24-36(25-19-34)37-26-22-35(23-27-37)32-39(38-28-20-33(15-5-2)21-29-38)42-31-14-11-9-8-10-13-17-40(41)43-30-6-3/h6,18-19,22-27,33,38-39H,3-5,7-17,20-21,28-32H2,1-2H3. The molecule has 0 amide bonds. The number of esters is 1. The van der Waals surface area contributed by atoms with Crippen LogP contribution < -0.4 is 0 Å². The molecule has 0 bridgehead atoms. The van der Waals surface area contributed by atoms with E-state index in [-0.39, 0.29) is 5.97 Å². The molecule has 1 atom stereocenters. The predicted octanol–water partition coefficient (Wildman–Crippen LogP) is 11.1. The monoisotopic (exact) mass is 588 g/mol. The lowest BCUT2D eigenvalue weighted by molar-refractivity contribution is -0.142. The van der Waals surface area contributed by atoms with E-state index in [9.17, 15) is 4.79 Å². The van der Waals surface area contributed by atoms with Gasteiger partial charge < -0.3 is 9.47 Å². The van der Waals surface area contributed by atoms with E-state index in [4.69, 9.17) is 9.47 Å². The van der Waals surface area contributed by atoms with Gasteiger partial charge in [0.2, 0.25) is 0 Å². The molecule has 1 saturated carbocycles. The molecule has 1 fully saturated rings. The average Bonchev–Trinajstić information content (AvgIpc) is 3.04. The maximum atomic E-state index is 11.6. The zero-order valence-corrected chi connectivity index (χ0v) is 27.5. The number of hydrogen-bond donors (Lipinski definition) is 0. The number of carbonyl (C=O) groups excluding carboxylic acids is 1. The second-order valence-corrected chi connectivity index (χ2v) is 12.9. The van der Waals surface area contributed by atoms with Crippen LogP contribution in [0.3, 0.4) is 0 Å². The summed E-state index contributed by atoms with van der Waals surface area (Å²) in [6.07, 6.45) is 23.3. The van der Waals surface area contributed by atoms with Crippen molar-refractivity contribution in [2.24, 2.45) is 11.8 Å². The average molecular weight is 589 g/mol. The Morgan fingerprint density at radius 2 is 1.42 bits per heavy atom. The highest BCUT2D eigenvalue weighted by Crippen LogP contribution is 2.35. The number of carbonyl (C=O) groups is 1. The molecule has 1 aliphatic rings. The number of aryl methyl sites for hydroxylation is 1. The highest BCUT2D eigenvalue weighted by molar-refractivity contribution is 5.69. The number of unbranched alkanes of at least 4 members (excludes halogenated alkanes) is 7. The predicted molar refractivity (Wildman–Crippen MR) is 182 cm³/mol. The molecule has 3 rings (SSSR count). The first-order valence-corrected chi connectivity index (χ1v) is 17.7. The quantitative estimate of drug-likeness (QED) is 0.0779. The van der Waals surface area contributed by atoms with E-state index in [0.717, 1.165) is 38.2 Å². The van der Waals surface area contributed by atoms with Crippen LogP contribution >= 0.6 is 0 Å². The molecule has 2 aromatic rings. The van der Waals surface area contributed by atoms with Gasteiger partial charge in [-0.2, -0.15) is 0 Å². The van der Waals surface area contributed by atoms with Gasteiger partial charge in [0, 0.05) is 13.0 Å². The minimum Gasteiger partial charge on any atom is -0.461 e. The maximum absolute atomic E-state index is 11.6. The molecule has 0 aromatic heterocycles. The summed E-state index contributed by atoms with van der Waals surface area (Å²) in [5.41, 5.74) is 5.45. The Bertz CT molecular complexity index is 1000. The molecular weight excluding hydrogens is 528 g/mol. The van der Waals surface area contributed by atoms with E-state index in [2.05, 4.69) is 69.0 Å². The van der Waals surface area contributed by atoms with Crippen LogP contribution in [0.1, 0.15) is 128 Å². The highest BCUT2D eigenvalue weighted by atomic mass is 16.5. The lowest BCUT2D eigenvalue weighted by Gasteiger charge is -2.34. The van der Waals surface area contributed by atoms with E-state index in [1.165, 1.54) is 106 Å². The first-order chi connectivity index (χ1) is 21.1. The molecule has 0 heterocycles. The first-order valence-electron chi connectivity index (χ1n) is 17.7. The van der Waals surface area contributed by atoms with Crippen molar-refractivity contribution in [2.75, 3.05) is 13.2 Å². The van der Waals surface area contributed by atoms with Crippen LogP contribution in [0.4, 0.5) is 0 Å². The molecule has 1 unspecified atom stereocenters. The molecule has 43 heavy (non-hydrogen) atoms. The molecule has 2 aromatic carbocycles. The van der Waals surface area contributed by atoms with Gasteiger partial charge >= 0.3 is 5.97 Å². The summed E-state index contributed by atoms with van der Waals surface area (Å²) >= 11 is 0. The molecule has 3 nitrogen and oxygen atoms in total. The lowest BCUT2D eigenvalue weighted by atomic mass is 9.76. The minimum atomic E-state index is -0.107. The third-order valence-electron chi connectivity index (χ3n) is 9.33. The second-order valence-electron chi connectivity index (χ2n) is 12.9. The Morgan fingerprint density at radius 1 is 0.791 bits per heavy atom. The van der Waals surface area contributed by atoms with Gasteiger partial charge in [-0.1, -0.05) is 139 Å². The normalized spacial score (nSPS) is 17.4. The van der Waals surface area contributed by atoms with Gasteiger partial charge in [0.1, 0.15) is 6.61 Å². The van der Waals surface area contributed by atoms with Crippen molar-refractivity contribution in [1.82, 2.24) is 0 Å². The van der Waals surface area contributed by atoms with Crippen molar-refractivity contribution >= 4 is 5.97 Å². The molecule has 0 aliphatic heterocycles. The number of benzene rings is 2. The lowest BCUT2D eigenvalue weighted by Crippen LogP contribution is -2.30. The fraction of sp³-hybridized carbons (Fsp3) is 0.625. The summed E-state index contributed by atoms with van der Waals surface area (Å²) in [7, 11) is 0. The van der Waals surface area contributed by atoms with Gasteiger partial charge in [0.15, 0.2) is 0 Å². The number of hydrogen-bond acceptors (Lipinski definition) is 3. The molecule has 0 saturated heterocycles. The van der Waals surface area contributed by atoms with Crippen LogP contribution in [0.5, 0.6) is 0 Å². The van der Waals surface area contributed by atoms with Crippen LogP contribution in [0.15, 0.2) is 61.2 Å². The van der Waals surface area contributed by atoms with Gasteiger partial charge in [-0.25, -0.2) is 0 Å². The van der Waals surface area contributed by atoms with Gasteiger partial charge in [0.25, 0.3) is 0 Å². The van der Waals surface area contributed by atoms with Crippen molar-refractivity contribution in [3.63, 3.8) is 0 Å². The van der Waals surface area contributed by atoms with Crippen LogP contribution in [0, 0.1) is 11.8 Å². The Hall–Kier alpha value is -2.39. The first kappa shape index (κ1) is 35.1. The summed E-state index contributed by atoms with van der Waals surface area (Å²) in [6.45, 7) is 9.34. The van der Waals surface area contributed by atoms with Crippen molar-refractivity contribution in [3.05, 3.63) is 72.3 Å². The largest absolute Gasteiger partial charge is 0.461 e. The topological polar surface area (TPSA) is 35.5 Å². The molecule has 238 valence electrons. The Balaban J connectivity index is 1.45. The summed E-state index contributed by atoms with van der Waals surface area (Å²) in [4.78, 5) is 11.6. The molecular formula is C40H60O3. The fourth-order valence-corrected chi connectivity index (χ4v) is 6.66. The number of rotatable bonds is 22. The third kappa shape index (κ3) is 13.8. The summed E-state index contributed by atoms with van der Waals surface area (Å²) in [5, 5.41) is 0. The van der Waals surface area contributed by atoms with Crippen molar-refractivity contribution in [1.29, 1.82) is 0 Å². The molecule has 0 N–H and O–H groups in total. The van der Waals surface area contributed by atoms with Gasteiger partial charge in [0.05, 0.1) is 6.10 Å². The molecule has 0 radical (unpaired) electrons. The zero-order valence-electron chi connectivity index (χ0n) is 27.5. The molecule has 1 aliphatic carbocycles. The Labute approximate surface area is 263 Å². The van der Waals surface area contributed by atoms with Crippen LogP contribution in [0.2, 0.25) is 0 Å². The van der Waals surface area contributed by atoms with Crippen LogP contribution in [-0.4, -0.2) is 25.3 Å². The third-order valence-corrected chi connectivity index (χ3v) is 9.33. The van der Waals surface area contributed by atoms with E-state index in [0.29, 0.717) is 25.0 Å². The second kappa shape index (κ2) is 21.3. The highest BCUT2D eigenvalue weighted by Gasteiger charge is 2.28. The minimum absolute atomic E-state index is 0.107. The van der Waals surface area contributed by atoms with E-state index >= 15 is 0 Å². The summed E-state index contributed by atoms with van der Waals surface area (Å²) in [6, 6.07) is 18.4. The molecule has 0 spiro atoms. The maximum Gasteiger partial charge on any atom is 0.306 e. The van der Waals surface area contributed by atoms with Gasteiger partial charge in [-0.15, -0.1) is 0 Å². The smallest absolute Gasteiger partial charge is 0.306 e. The van der Waals surface area contributed by atoms with Gasteiger partial charge in [-0.05, 0) is 79.0 Å². The number of ether oxygens (including phenoxy) is 2. The van der Waals surface area contributed by atoms with Crippen molar-refractivity contribution < 1.29 is 14.3 Å². The SMILES string of the molecule is C=CCOC(=O)CCCCCCCCOC(Cc1ccc(-c2ccc(CCCCC)cc2)cc1)C1CCC(CCC)CC1. The Kier molecular flexibility index (Phi) is 17.4.